The number of carbonyl (C=O) groups is 4. The van der Waals surface area contributed by atoms with E-state index < -0.39 is 32.5 Å². The average molecular weight is 648 g/mol. The van der Waals surface area contributed by atoms with E-state index in [9.17, 15) is 28.6 Å². The highest BCUT2D eigenvalue weighted by Crippen LogP contribution is 2.38. The summed E-state index contributed by atoms with van der Waals surface area (Å²) in [5.41, 5.74) is 0. The number of phosphoric acid groups is 1. The first-order chi connectivity index (χ1) is 20.9. The molecule has 44 heavy (non-hydrogen) atoms. The van der Waals surface area contributed by atoms with Crippen LogP contribution in [0.5, 0.6) is 0 Å². The molecule has 0 aromatic rings. The maximum atomic E-state index is 12.3. The summed E-state index contributed by atoms with van der Waals surface area (Å²) < 4.78 is 33.0. The molecule has 0 aromatic carbocycles. The summed E-state index contributed by atoms with van der Waals surface area (Å²) >= 11 is 0. The third-order valence-corrected chi connectivity index (χ3v) is 7.77. The number of unbranched alkanes of at least 4 members (excludes halogenated alkanes) is 12. The van der Waals surface area contributed by atoms with Crippen LogP contribution in [-0.4, -0.2) is 82.1 Å². The molecule has 0 aliphatic rings. The summed E-state index contributed by atoms with van der Waals surface area (Å²) in [5, 5.41) is 0. The second-order valence-corrected chi connectivity index (χ2v) is 13.6. The number of hydrogen-bond donors (Lipinski definition) is 0. The molecule has 0 saturated carbocycles. The molecule has 0 N–H and O–H groups in total. The zero-order valence-corrected chi connectivity index (χ0v) is 28.5. The number of esters is 2. The number of likely N-dealkylation sites (N-methyl/N-ethyl adjacent to an activating group) is 1. The van der Waals surface area contributed by atoms with Crippen molar-refractivity contribution in [3.63, 3.8) is 0 Å². The molecule has 0 bridgehead atoms. The van der Waals surface area contributed by atoms with Gasteiger partial charge in [0.25, 0.3) is 7.82 Å². The molecule has 0 fully saturated rings. The van der Waals surface area contributed by atoms with E-state index in [0.717, 1.165) is 31.4 Å². The summed E-state index contributed by atoms with van der Waals surface area (Å²) in [4.78, 5) is 58.7. The lowest BCUT2D eigenvalue weighted by atomic mass is 10.0. The van der Waals surface area contributed by atoms with Crippen molar-refractivity contribution >= 4 is 31.8 Å². The van der Waals surface area contributed by atoms with Crippen molar-refractivity contribution in [2.24, 2.45) is 0 Å². The highest BCUT2D eigenvalue weighted by molar-refractivity contribution is 7.45. The number of rotatable bonds is 30. The highest BCUT2D eigenvalue weighted by atomic mass is 31.2. The Bertz CT molecular complexity index is 872. The van der Waals surface area contributed by atoms with Gasteiger partial charge in [-0.05, 0) is 25.0 Å². The van der Waals surface area contributed by atoms with Gasteiger partial charge in [0.1, 0.15) is 26.0 Å². The van der Waals surface area contributed by atoms with Crippen LogP contribution in [0.3, 0.4) is 0 Å². The van der Waals surface area contributed by atoms with Crippen molar-refractivity contribution in [2.45, 2.75) is 122 Å². The summed E-state index contributed by atoms with van der Waals surface area (Å²) in [6, 6.07) is 0. The Balaban J connectivity index is 4.49. The number of hydrogen-bond acceptors (Lipinski definition) is 10. The first kappa shape index (κ1) is 42.1. The molecule has 0 aliphatic heterocycles. The monoisotopic (exact) mass is 647 g/mol. The second-order valence-electron chi connectivity index (χ2n) is 12.2. The van der Waals surface area contributed by atoms with Crippen molar-refractivity contribution in [2.75, 3.05) is 47.5 Å². The Morgan fingerprint density at radius 1 is 0.750 bits per heavy atom. The van der Waals surface area contributed by atoms with Gasteiger partial charge in [0.05, 0.1) is 27.7 Å². The van der Waals surface area contributed by atoms with Gasteiger partial charge in [-0.2, -0.15) is 0 Å². The van der Waals surface area contributed by atoms with Crippen LogP contribution in [0, 0.1) is 0 Å². The average Bonchev–Trinajstić information content (AvgIpc) is 2.95. The Labute approximate surface area is 265 Å². The number of ketones is 1. The van der Waals surface area contributed by atoms with Crippen molar-refractivity contribution in [3.05, 3.63) is 12.2 Å². The quantitative estimate of drug-likeness (QED) is 0.0240. The van der Waals surface area contributed by atoms with E-state index in [4.69, 9.17) is 18.5 Å². The predicted octanol–water partition coefficient (Wildman–Crippen LogP) is 5.63. The maximum absolute atomic E-state index is 12.3. The standard InChI is InChI=1S/C32H58NO10P/c1-5-6-7-8-9-10-11-12-13-14-15-16-17-22-31(36)40-27-30(28-42-44(38,39)41-26-24-33(2,3)4)43-32(37)23-18-20-29(35)21-19-25-34/h19,21,25,30H,5-18,20,22-24,26-28H2,1-4H3/t30-/m1/s1. The van der Waals surface area contributed by atoms with E-state index in [1.807, 2.05) is 21.1 Å². The van der Waals surface area contributed by atoms with Gasteiger partial charge >= 0.3 is 11.9 Å². The molecular weight excluding hydrogens is 589 g/mol. The van der Waals surface area contributed by atoms with Crippen LogP contribution in [0.2, 0.25) is 0 Å². The molecule has 2 atom stereocenters. The van der Waals surface area contributed by atoms with E-state index in [0.29, 0.717) is 23.7 Å². The smallest absolute Gasteiger partial charge is 0.306 e. The molecule has 0 radical (unpaired) electrons. The van der Waals surface area contributed by atoms with E-state index in [1.54, 1.807) is 0 Å². The van der Waals surface area contributed by atoms with E-state index in [1.165, 1.54) is 57.8 Å². The molecule has 0 spiro atoms. The number of quaternary nitrogens is 1. The third-order valence-electron chi connectivity index (χ3n) is 6.81. The first-order valence-corrected chi connectivity index (χ1v) is 17.7. The van der Waals surface area contributed by atoms with E-state index in [-0.39, 0.29) is 44.7 Å². The minimum atomic E-state index is -4.68. The van der Waals surface area contributed by atoms with Gasteiger partial charge in [-0.3, -0.25) is 23.7 Å². The summed E-state index contributed by atoms with van der Waals surface area (Å²) in [6.45, 7) is 1.61. The third kappa shape index (κ3) is 28.8. The minimum Gasteiger partial charge on any atom is -0.756 e. The molecule has 12 heteroatoms. The first-order valence-electron chi connectivity index (χ1n) is 16.3. The maximum Gasteiger partial charge on any atom is 0.306 e. The second kappa shape index (κ2) is 26.3. The fourth-order valence-corrected chi connectivity index (χ4v) is 4.91. The van der Waals surface area contributed by atoms with Crippen molar-refractivity contribution < 1.29 is 51.6 Å². The van der Waals surface area contributed by atoms with Gasteiger partial charge in [0.15, 0.2) is 11.9 Å². The van der Waals surface area contributed by atoms with Crippen LogP contribution in [0.15, 0.2) is 12.2 Å². The van der Waals surface area contributed by atoms with Gasteiger partial charge < -0.3 is 27.9 Å². The lowest BCUT2D eigenvalue weighted by Gasteiger charge is -2.28. The van der Waals surface area contributed by atoms with Gasteiger partial charge in [-0.15, -0.1) is 0 Å². The topological polar surface area (TPSA) is 145 Å². The van der Waals surface area contributed by atoms with Gasteiger partial charge in [-0.25, -0.2) is 0 Å². The molecule has 256 valence electrons. The van der Waals surface area contributed by atoms with E-state index >= 15 is 0 Å². The summed E-state index contributed by atoms with van der Waals surface area (Å²) in [7, 11) is 0.964. The van der Waals surface area contributed by atoms with Gasteiger partial charge in [0, 0.05) is 19.3 Å². The number of nitrogens with zero attached hydrogens (tertiary/aromatic N) is 1. The van der Waals surface area contributed by atoms with Crippen molar-refractivity contribution in [1.29, 1.82) is 0 Å². The Hall–Kier alpha value is -1.91. The molecule has 0 saturated heterocycles. The normalized spacial score (nSPS) is 13.8. The van der Waals surface area contributed by atoms with Crippen molar-refractivity contribution in [3.8, 4) is 0 Å². The molecule has 0 amide bonds. The lowest BCUT2D eigenvalue weighted by Crippen LogP contribution is -2.37. The predicted molar refractivity (Wildman–Crippen MR) is 168 cm³/mol. The molecule has 0 heterocycles. The minimum absolute atomic E-state index is 0.0323. The Morgan fingerprint density at radius 3 is 1.84 bits per heavy atom. The number of ether oxygens (including phenoxy) is 2. The number of allylic oxidation sites excluding steroid dienone is 2. The SMILES string of the molecule is CCCCCCCCCCCCCCCC(=O)OC[C@H](COP(=O)([O-])OCC[N+](C)(C)C)OC(=O)CCCC(=O)C=CC=O. The van der Waals surface area contributed by atoms with E-state index in [2.05, 4.69) is 6.92 Å². The Morgan fingerprint density at radius 2 is 1.30 bits per heavy atom. The lowest BCUT2D eigenvalue weighted by molar-refractivity contribution is -0.870. The van der Waals surface area contributed by atoms with Gasteiger partial charge in [-0.1, -0.05) is 84.0 Å². The van der Waals surface area contributed by atoms with Crippen molar-refractivity contribution in [1.82, 2.24) is 0 Å². The largest absolute Gasteiger partial charge is 0.756 e. The fourth-order valence-electron chi connectivity index (χ4n) is 4.18. The number of aldehydes is 1. The van der Waals surface area contributed by atoms with Crippen LogP contribution in [0.4, 0.5) is 0 Å². The molecule has 11 nitrogen and oxygen atoms in total. The zero-order valence-electron chi connectivity index (χ0n) is 27.6. The number of carbonyl (C=O) groups excluding carboxylic acids is 4. The fraction of sp³-hybridized carbons (Fsp3) is 0.812. The molecular formula is C32H58NO10P. The molecule has 0 aromatic heterocycles. The summed E-state index contributed by atoms with van der Waals surface area (Å²) in [5.74, 6) is -1.48. The van der Waals surface area contributed by atoms with Crippen LogP contribution < -0.4 is 4.89 Å². The molecule has 0 rings (SSSR count). The number of phosphoric ester groups is 1. The summed E-state index contributed by atoms with van der Waals surface area (Å²) in [6.07, 6.45) is 17.3. The molecule has 0 aliphatic carbocycles. The zero-order chi connectivity index (χ0) is 33.1. The highest BCUT2D eigenvalue weighted by Gasteiger charge is 2.21. The van der Waals surface area contributed by atoms with Crippen LogP contribution in [0.25, 0.3) is 0 Å². The van der Waals surface area contributed by atoms with Crippen LogP contribution in [0.1, 0.15) is 116 Å². The van der Waals surface area contributed by atoms with Crippen LogP contribution in [-0.2, 0) is 42.3 Å². The Kier molecular flexibility index (Phi) is 25.2. The van der Waals surface area contributed by atoms with Gasteiger partial charge in [0.2, 0.25) is 0 Å². The molecule has 1 unspecified atom stereocenters. The van der Waals surface area contributed by atoms with Crippen LogP contribution >= 0.6 is 7.82 Å².